The molecule has 1 aliphatic heterocycles. The minimum atomic E-state index is -0.497. The van der Waals surface area contributed by atoms with Gasteiger partial charge in [-0.15, -0.1) is 0 Å². The van der Waals surface area contributed by atoms with Gasteiger partial charge in [0.05, 0.1) is 4.92 Å². The zero-order chi connectivity index (χ0) is 12.7. The molecule has 0 aliphatic carbocycles. The highest BCUT2D eigenvalue weighted by Gasteiger charge is 2.21. The predicted octanol–water partition coefficient (Wildman–Crippen LogP) is 0.820. The van der Waals surface area contributed by atoms with Crippen molar-refractivity contribution in [3.63, 3.8) is 0 Å². The Balaban J connectivity index is 2.17. The summed E-state index contributed by atoms with van der Waals surface area (Å²) < 4.78 is 1.29. The highest BCUT2D eigenvalue weighted by molar-refractivity contribution is 5.65. The third-order valence-electron chi connectivity index (χ3n) is 3.09. The molecule has 1 fully saturated rings. The third kappa shape index (κ3) is 1.53. The molecule has 0 spiro atoms. The van der Waals surface area contributed by atoms with Gasteiger partial charge in [0.25, 0.3) is 0 Å². The summed E-state index contributed by atoms with van der Waals surface area (Å²) in [4.78, 5) is 16.8. The average molecular weight is 248 g/mol. The zero-order valence-electron chi connectivity index (χ0n) is 9.61. The smallest absolute Gasteiger partial charge is 0.333 e. The van der Waals surface area contributed by atoms with E-state index in [-0.39, 0.29) is 11.3 Å². The zero-order valence-corrected chi connectivity index (χ0v) is 9.61. The van der Waals surface area contributed by atoms with Crippen molar-refractivity contribution in [2.24, 2.45) is 0 Å². The van der Waals surface area contributed by atoms with Crippen LogP contribution in [0, 0.1) is 10.1 Å². The lowest BCUT2D eigenvalue weighted by atomic mass is 10.4. The average Bonchev–Trinajstić information content (AvgIpc) is 2.97. The van der Waals surface area contributed by atoms with E-state index in [1.165, 1.54) is 10.7 Å². The number of nitrogens with zero attached hydrogens (tertiary/aromatic N) is 5. The number of nitrogens with two attached hydrogens (primary N) is 1. The number of hydrogen-bond donors (Lipinski definition) is 1. The van der Waals surface area contributed by atoms with Crippen LogP contribution in [0.25, 0.3) is 5.65 Å². The van der Waals surface area contributed by atoms with E-state index in [9.17, 15) is 10.1 Å². The van der Waals surface area contributed by atoms with E-state index in [4.69, 9.17) is 5.73 Å². The molecular weight excluding hydrogens is 236 g/mol. The van der Waals surface area contributed by atoms with Gasteiger partial charge in [0.2, 0.25) is 5.65 Å². The van der Waals surface area contributed by atoms with E-state index in [1.807, 2.05) is 0 Å². The molecule has 1 saturated heterocycles. The van der Waals surface area contributed by atoms with Crippen molar-refractivity contribution >= 4 is 23.0 Å². The Morgan fingerprint density at radius 3 is 2.78 bits per heavy atom. The van der Waals surface area contributed by atoms with E-state index in [2.05, 4.69) is 15.0 Å². The summed E-state index contributed by atoms with van der Waals surface area (Å²) in [6.45, 7) is 1.81. The molecule has 0 atom stereocenters. The summed E-state index contributed by atoms with van der Waals surface area (Å²) in [6, 6.07) is 1.70. The molecule has 0 bridgehead atoms. The van der Waals surface area contributed by atoms with Gasteiger partial charge in [0.15, 0.2) is 0 Å². The molecule has 8 nitrogen and oxygen atoms in total. The van der Waals surface area contributed by atoms with Gasteiger partial charge in [0.1, 0.15) is 17.8 Å². The third-order valence-corrected chi connectivity index (χ3v) is 3.09. The van der Waals surface area contributed by atoms with E-state index in [1.54, 1.807) is 6.07 Å². The van der Waals surface area contributed by atoms with Crippen molar-refractivity contribution < 1.29 is 4.92 Å². The van der Waals surface area contributed by atoms with E-state index in [0.717, 1.165) is 25.9 Å². The molecule has 0 aromatic carbocycles. The van der Waals surface area contributed by atoms with Gasteiger partial charge in [-0.2, -0.15) is 9.61 Å². The molecule has 2 aromatic heterocycles. The SMILES string of the molecule is Nc1cc(N2CCCC2)nc2c([N+](=O)[O-])cnn12. The van der Waals surface area contributed by atoms with Crippen LogP contribution in [0.5, 0.6) is 0 Å². The lowest BCUT2D eigenvalue weighted by Crippen LogP contribution is -2.20. The fourth-order valence-corrected chi connectivity index (χ4v) is 2.20. The maximum Gasteiger partial charge on any atom is 0.333 e. The first-order valence-corrected chi connectivity index (χ1v) is 5.70. The van der Waals surface area contributed by atoms with Crippen LogP contribution < -0.4 is 10.6 Å². The van der Waals surface area contributed by atoms with Gasteiger partial charge in [0, 0.05) is 19.2 Å². The second-order valence-electron chi connectivity index (χ2n) is 4.26. The Morgan fingerprint density at radius 1 is 1.39 bits per heavy atom. The van der Waals surface area contributed by atoms with E-state index in [0.29, 0.717) is 11.6 Å². The lowest BCUT2D eigenvalue weighted by Gasteiger charge is -2.16. The summed E-state index contributed by atoms with van der Waals surface area (Å²) in [6.07, 6.45) is 3.38. The maximum atomic E-state index is 10.9. The van der Waals surface area contributed by atoms with Crippen LogP contribution in [0.3, 0.4) is 0 Å². The predicted molar refractivity (Wildman–Crippen MR) is 65.5 cm³/mol. The largest absolute Gasteiger partial charge is 0.383 e. The molecule has 18 heavy (non-hydrogen) atoms. The Kier molecular flexibility index (Phi) is 2.29. The first-order chi connectivity index (χ1) is 8.66. The summed E-state index contributed by atoms with van der Waals surface area (Å²) in [5, 5.41) is 14.8. The molecule has 1 aliphatic rings. The van der Waals surface area contributed by atoms with Crippen molar-refractivity contribution in [1.82, 2.24) is 14.6 Å². The normalized spacial score (nSPS) is 15.4. The number of fused-ring (bicyclic) bond motifs is 1. The number of rotatable bonds is 2. The fourth-order valence-electron chi connectivity index (χ4n) is 2.20. The monoisotopic (exact) mass is 248 g/mol. The molecule has 94 valence electrons. The molecule has 0 saturated carbocycles. The van der Waals surface area contributed by atoms with Crippen LogP contribution in [0.15, 0.2) is 12.3 Å². The first kappa shape index (κ1) is 10.8. The number of aromatic nitrogens is 3. The molecule has 3 heterocycles. The Bertz CT molecular complexity index is 616. The highest BCUT2D eigenvalue weighted by atomic mass is 16.6. The number of nitrogen functional groups attached to an aromatic ring is 1. The van der Waals surface area contributed by atoms with Gasteiger partial charge in [-0.25, -0.2) is 4.98 Å². The van der Waals surface area contributed by atoms with Crippen LogP contribution in [0.4, 0.5) is 17.3 Å². The van der Waals surface area contributed by atoms with Gasteiger partial charge in [-0.1, -0.05) is 0 Å². The number of nitro groups is 1. The maximum absolute atomic E-state index is 10.9. The molecule has 3 rings (SSSR count). The van der Waals surface area contributed by atoms with Crippen LogP contribution in [-0.4, -0.2) is 32.6 Å². The van der Waals surface area contributed by atoms with Crippen molar-refractivity contribution in [2.45, 2.75) is 12.8 Å². The molecule has 0 amide bonds. The van der Waals surface area contributed by atoms with Gasteiger partial charge >= 0.3 is 5.69 Å². The van der Waals surface area contributed by atoms with Gasteiger partial charge in [-0.3, -0.25) is 10.1 Å². The fraction of sp³-hybridized carbons (Fsp3) is 0.400. The molecule has 8 heteroatoms. The number of anilines is 2. The second-order valence-corrected chi connectivity index (χ2v) is 4.26. The molecule has 0 unspecified atom stereocenters. The lowest BCUT2D eigenvalue weighted by molar-refractivity contribution is -0.383. The van der Waals surface area contributed by atoms with Gasteiger partial charge < -0.3 is 10.6 Å². The minimum Gasteiger partial charge on any atom is -0.383 e. The van der Waals surface area contributed by atoms with E-state index >= 15 is 0 Å². The summed E-state index contributed by atoms with van der Waals surface area (Å²) in [5.41, 5.74) is 5.92. The number of hydrogen-bond acceptors (Lipinski definition) is 6. The summed E-state index contributed by atoms with van der Waals surface area (Å²) in [5.74, 6) is 1.04. The van der Waals surface area contributed by atoms with Crippen LogP contribution in [-0.2, 0) is 0 Å². The van der Waals surface area contributed by atoms with Crippen molar-refractivity contribution in [2.75, 3.05) is 23.7 Å². The van der Waals surface area contributed by atoms with Crippen molar-refractivity contribution in [1.29, 1.82) is 0 Å². The quantitative estimate of drug-likeness (QED) is 0.623. The molecular formula is C10H12N6O2. The summed E-state index contributed by atoms with van der Waals surface area (Å²) >= 11 is 0. The Labute approximate surface area is 102 Å². The highest BCUT2D eigenvalue weighted by Crippen LogP contribution is 2.25. The Hall–Kier alpha value is -2.38. The first-order valence-electron chi connectivity index (χ1n) is 5.70. The molecule has 2 aromatic rings. The molecule has 2 N–H and O–H groups in total. The second kappa shape index (κ2) is 3.83. The Morgan fingerprint density at radius 2 is 2.11 bits per heavy atom. The van der Waals surface area contributed by atoms with Gasteiger partial charge in [-0.05, 0) is 12.8 Å². The topological polar surface area (TPSA) is 103 Å². The minimum absolute atomic E-state index is 0.122. The standard InChI is InChI=1S/C10H12N6O2/c11-8-5-9(14-3-1-2-4-14)13-10-7(16(17)18)6-12-15(8)10/h5-6H,1-4,11H2. The molecule has 0 radical (unpaired) electrons. The van der Waals surface area contributed by atoms with Crippen LogP contribution >= 0.6 is 0 Å². The van der Waals surface area contributed by atoms with Crippen LogP contribution in [0.2, 0.25) is 0 Å². The van der Waals surface area contributed by atoms with Crippen molar-refractivity contribution in [3.05, 3.63) is 22.4 Å². The van der Waals surface area contributed by atoms with E-state index < -0.39 is 4.92 Å². The summed E-state index contributed by atoms with van der Waals surface area (Å²) in [7, 11) is 0. The van der Waals surface area contributed by atoms with Crippen LogP contribution in [0.1, 0.15) is 12.8 Å². The van der Waals surface area contributed by atoms with Crippen molar-refractivity contribution in [3.8, 4) is 0 Å².